The largest absolute Gasteiger partial charge is 0.507 e. The third-order valence-electron chi connectivity index (χ3n) is 4.00. The van der Waals surface area contributed by atoms with Crippen LogP contribution >= 0.6 is 12.4 Å². The van der Waals surface area contributed by atoms with Gasteiger partial charge in [-0.15, -0.1) is 12.4 Å². The second-order valence-electron chi connectivity index (χ2n) is 5.51. The summed E-state index contributed by atoms with van der Waals surface area (Å²) in [6.07, 6.45) is 0.999. The number of nitrogens with zero attached hydrogens (tertiary/aromatic N) is 3. The molecule has 2 aromatic rings. The quantitative estimate of drug-likeness (QED) is 0.771. The third-order valence-corrected chi connectivity index (χ3v) is 4.00. The molecule has 0 atom stereocenters. The van der Waals surface area contributed by atoms with Crippen molar-refractivity contribution in [3.05, 3.63) is 35.9 Å². The van der Waals surface area contributed by atoms with Crippen LogP contribution in [0.15, 0.2) is 30.3 Å². The van der Waals surface area contributed by atoms with Crippen LogP contribution < -0.4 is 16.0 Å². The standard InChI is InChI=1S/C17H19N5O.ClH/c18-11-13-15(22-8-3-6-20-7-9-22)10-14(21-17(13)19)12-4-1-2-5-16(12)23;/h1-2,4-5,10,20,23H,3,6-9H2,(H2,19,21);1H. The Hall–Kier alpha value is -2.49. The maximum Gasteiger partial charge on any atom is 0.144 e. The first-order chi connectivity index (χ1) is 11.2. The number of nitrogens with two attached hydrogens (primary N) is 1. The van der Waals surface area contributed by atoms with Gasteiger partial charge in [-0.1, -0.05) is 12.1 Å². The van der Waals surface area contributed by atoms with E-state index in [9.17, 15) is 10.4 Å². The average Bonchev–Trinajstić information content (AvgIpc) is 2.83. The number of aromatic hydroxyl groups is 1. The van der Waals surface area contributed by atoms with E-state index in [1.165, 1.54) is 0 Å². The molecule has 0 bridgehead atoms. The Morgan fingerprint density at radius 1 is 1.25 bits per heavy atom. The molecule has 0 amide bonds. The first kappa shape index (κ1) is 17.9. The number of benzene rings is 1. The second-order valence-corrected chi connectivity index (χ2v) is 5.51. The van der Waals surface area contributed by atoms with Crippen LogP contribution in [0.1, 0.15) is 12.0 Å². The van der Waals surface area contributed by atoms with E-state index >= 15 is 0 Å². The molecule has 126 valence electrons. The van der Waals surface area contributed by atoms with Crippen LogP contribution in [0.5, 0.6) is 5.75 Å². The lowest BCUT2D eigenvalue weighted by Crippen LogP contribution is -2.28. The van der Waals surface area contributed by atoms with Crippen molar-refractivity contribution in [3.8, 4) is 23.1 Å². The average molecular weight is 346 g/mol. The highest BCUT2D eigenvalue weighted by atomic mass is 35.5. The molecule has 0 aliphatic carbocycles. The molecule has 7 heteroatoms. The highest BCUT2D eigenvalue weighted by molar-refractivity contribution is 5.85. The third kappa shape index (κ3) is 3.53. The Labute approximate surface area is 147 Å². The Morgan fingerprint density at radius 3 is 2.79 bits per heavy atom. The van der Waals surface area contributed by atoms with E-state index in [4.69, 9.17) is 5.73 Å². The van der Waals surface area contributed by atoms with Crippen molar-refractivity contribution in [1.82, 2.24) is 10.3 Å². The summed E-state index contributed by atoms with van der Waals surface area (Å²) in [6, 6.07) is 11.0. The van der Waals surface area contributed by atoms with Crippen LogP contribution in [0.25, 0.3) is 11.3 Å². The SMILES string of the molecule is Cl.N#Cc1c(N2CCCNCC2)cc(-c2ccccc2O)nc1N. The van der Waals surface area contributed by atoms with Crippen LogP contribution in [-0.2, 0) is 0 Å². The number of nitriles is 1. The number of hydrogen-bond acceptors (Lipinski definition) is 6. The van der Waals surface area contributed by atoms with E-state index in [0.717, 1.165) is 38.3 Å². The number of pyridine rings is 1. The number of phenolic OH excluding ortho intramolecular Hbond substituents is 1. The molecule has 0 unspecified atom stereocenters. The summed E-state index contributed by atoms with van der Waals surface area (Å²) >= 11 is 0. The predicted molar refractivity (Wildman–Crippen MR) is 97.4 cm³/mol. The van der Waals surface area contributed by atoms with Gasteiger partial charge in [0.25, 0.3) is 0 Å². The van der Waals surface area contributed by atoms with Crippen molar-refractivity contribution in [2.24, 2.45) is 0 Å². The minimum atomic E-state index is 0. The van der Waals surface area contributed by atoms with Crippen LogP contribution in [-0.4, -0.2) is 36.3 Å². The van der Waals surface area contributed by atoms with Gasteiger partial charge in [0.1, 0.15) is 23.2 Å². The number of aromatic nitrogens is 1. The highest BCUT2D eigenvalue weighted by Gasteiger charge is 2.19. The zero-order valence-electron chi connectivity index (χ0n) is 13.2. The summed E-state index contributed by atoms with van der Waals surface area (Å²) in [5.74, 6) is 0.341. The van der Waals surface area contributed by atoms with E-state index < -0.39 is 0 Å². The second kappa shape index (κ2) is 7.86. The van der Waals surface area contributed by atoms with Gasteiger partial charge in [0.15, 0.2) is 0 Å². The Bertz CT molecular complexity index is 751. The topological polar surface area (TPSA) is 98.2 Å². The van der Waals surface area contributed by atoms with Gasteiger partial charge in [0.2, 0.25) is 0 Å². The summed E-state index contributed by atoms with van der Waals surface area (Å²) in [5, 5.41) is 22.9. The number of rotatable bonds is 2. The molecule has 0 radical (unpaired) electrons. The number of phenols is 1. The fourth-order valence-corrected chi connectivity index (χ4v) is 2.83. The molecule has 1 aliphatic rings. The summed E-state index contributed by atoms with van der Waals surface area (Å²) in [5.41, 5.74) is 8.37. The molecule has 0 saturated carbocycles. The zero-order valence-corrected chi connectivity index (χ0v) is 14.0. The lowest BCUT2D eigenvalue weighted by molar-refractivity contribution is 0.477. The lowest BCUT2D eigenvalue weighted by atomic mass is 10.1. The van der Waals surface area contributed by atoms with Gasteiger partial charge in [-0.05, 0) is 31.2 Å². The molecule has 24 heavy (non-hydrogen) atoms. The van der Waals surface area contributed by atoms with Crippen LogP contribution in [0.2, 0.25) is 0 Å². The van der Waals surface area contributed by atoms with Gasteiger partial charge >= 0.3 is 0 Å². The Kier molecular flexibility index (Phi) is 5.85. The van der Waals surface area contributed by atoms with Crippen LogP contribution in [0, 0.1) is 11.3 Å². The molecule has 6 nitrogen and oxygen atoms in total. The summed E-state index contributed by atoms with van der Waals surface area (Å²) in [6.45, 7) is 3.48. The molecule has 3 rings (SSSR count). The van der Waals surface area contributed by atoms with E-state index in [1.54, 1.807) is 18.2 Å². The monoisotopic (exact) mass is 345 g/mol. The van der Waals surface area contributed by atoms with Gasteiger partial charge in [-0.3, -0.25) is 0 Å². The highest BCUT2D eigenvalue weighted by Crippen LogP contribution is 2.33. The van der Waals surface area contributed by atoms with Crippen molar-refractivity contribution in [2.75, 3.05) is 36.8 Å². The first-order valence-electron chi connectivity index (χ1n) is 7.65. The fourth-order valence-electron chi connectivity index (χ4n) is 2.83. The van der Waals surface area contributed by atoms with Crippen LogP contribution in [0.3, 0.4) is 0 Å². The van der Waals surface area contributed by atoms with E-state index in [1.807, 2.05) is 12.1 Å². The molecule has 1 aromatic carbocycles. The van der Waals surface area contributed by atoms with Gasteiger partial charge in [-0.25, -0.2) is 4.98 Å². The molecule has 1 saturated heterocycles. The van der Waals surface area contributed by atoms with Gasteiger partial charge in [0.05, 0.1) is 11.4 Å². The maximum atomic E-state index is 10.1. The summed E-state index contributed by atoms with van der Waals surface area (Å²) in [7, 11) is 0. The first-order valence-corrected chi connectivity index (χ1v) is 7.65. The number of hydrogen-bond donors (Lipinski definition) is 3. The molecule has 2 heterocycles. The van der Waals surface area contributed by atoms with E-state index in [0.29, 0.717) is 16.8 Å². The number of anilines is 2. The number of halogens is 1. The molecule has 1 aliphatic heterocycles. The maximum absolute atomic E-state index is 10.1. The normalized spacial score (nSPS) is 14.4. The van der Waals surface area contributed by atoms with Gasteiger partial charge < -0.3 is 21.1 Å². The van der Waals surface area contributed by atoms with E-state index in [2.05, 4.69) is 21.3 Å². The van der Waals surface area contributed by atoms with Crippen molar-refractivity contribution in [1.29, 1.82) is 5.26 Å². The minimum absolute atomic E-state index is 0. The molecule has 1 fully saturated rings. The Morgan fingerprint density at radius 2 is 2.04 bits per heavy atom. The lowest BCUT2D eigenvalue weighted by Gasteiger charge is -2.24. The zero-order chi connectivity index (χ0) is 16.2. The molecular formula is C17H20ClN5O. The number of nitrogens with one attached hydrogen (secondary N) is 1. The van der Waals surface area contributed by atoms with Crippen molar-refractivity contribution < 1.29 is 5.11 Å². The molecule has 4 N–H and O–H groups in total. The van der Waals surface area contributed by atoms with Crippen molar-refractivity contribution in [3.63, 3.8) is 0 Å². The van der Waals surface area contributed by atoms with Crippen LogP contribution in [0.4, 0.5) is 11.5 Å². The van der Waals surface area contributed by atoms with Crippen molar-refractivity contribution in [2.45, 2.75) is 6.42 Å². The smallest absolute Gasteiger partial charge is 0.144 e. The molecule has 0 spiro atoms. The number of para-hydroxylation sites is 1. The summed E-state index contributed by atoms with van der Waals surface area (Å²) in [4.78, 5) is 6.46. The molecular weight excluding hydrogens is 326 g/mol. The summed E-state index contributed by atoms with van der Waals surface area (Å²) < 4.78 is 0. The van der Waals surface area contributed by atoms with E-state index in [-0.39, 0.29) is 24.0 Å². The fraction of sp³-hybridized carbons (Fsp3) is 0.294. The van der Waals surface area contributed by atoms with Gasteiger partial charge in [-0.2, -0.15) is 5.26 Å². The molecule has 1 aromatic heterocycles. The van der Waals surface area contributed by atoms with Gasteiger partial charge in [0, 0.05) is 25.2 Å². The predicted octanol–water partition coefficient (Wildman–Crippen LogP) is 2.13. The number of nitrogen functional groups attached to an aromatic ring is 1. The minimum Gasteiger partial charge on any atom is -0.507 e. The van der Waals surface area contributed by atoms with Crippen molar-refractivity contribution >= 4 is 23.9 Å². The Balaban J connectivity index is 0.00000208.